The smallest absolute Gasteiger partial charge is 0.317 e. The Balaban J connectivity index is 2.33. The average Bonchev–Trinajstić information content (AvgIpc) is 2.16. The molecular weight excluding hydrogens is 202 g/mol. The molecule has 1 fully saturated rings. The van der Waals surface area contributed by atoms with E-state index in [9.17, 15) is 4.79 Å². The van der Waals surface area contributed by atoms with Gasteiger partial charge in [0, 0.05) is 31.7 Å². The number of carbonyl (C=O) groups is 1. The SMILES string of the molecule is CCCN1CCN(C(=O)NC(C)(C)C)CC1. The number of urea groups is 1. The second-order valence-corrected chi connectivity index (χ2v) is 5.51. The molecule has 0 spiro atoms. The summed E-state index contributed by atoms with van der Waals surface area (Å²) in [4.78, 5) is 16.2. The highest BCUT2D eigenvalue weighted by Crippen LogP contribution is 2.05. The Hall–Kier alpha value is -0.770. The van der Waals surface area contributed by atoms with Gasteiger partial charge in [0.25, 0.3) is 0 Å². The van der Waals surface area contributed by atoms with E-state index in [0.29, 0.717) is 0 Å². The molecule has 0 bridgehead atoms. The number of nitrogens with one attached hydrogen (secondary N) is 1. The Morgan fingerprint density at radius 2 is 1.75 bits per heavy atom. The first-order valence-electron chi connectivity index (χ1n) is 6.22. The van der Waals surface area contributed by atoms with E-state index in [-0.39, 0.29) is 11.6 Å². The van der Waals surface area contributed by atoms with Crippen LogP contribution in [0.15, 0.2) is 0 Å². The maximum absolute atomic E-state index is 11.9. The molecule has 0 saturated carbocycles. The molecule has 1 aliphatic rings. The van der Waals surface area contributed by atoms with Gasteiger partial charge in [-0.05, 0) is 33.7 Å². The molecule has 1 saturated heterocycles. The highest BCUT2D eigenvalue weighted by molar-refractivity contribution is 5.75. The topological polar surface area (TPSA) is 35.6 Å². The number of hydrogen-bond acceptors (Lipinski definition) is 2. The third-order valence-electron chi connectivity index (χ3n) is 2.68. The van der Waals surface area contributed by atoms with Crippen molar-refractivity contribution in [1.82, 2.24) is 15.1 Å². The zero-order valence-corrected chi connectivity index (χ0v) is 11.0. The fourth-order valence-corrected chi connectivity index (χ4v) is 1.89. The molecule has 4 heteroatoms. The standard InChI is InChI=1S/C12H25N3O/c1-5-6-14-7-9-15(10-8-14)11(16)13-12(2,3)4/h5-10H2,1-4H3,(H,13,16). The molecular formula is C12H25N3O. The van der Waals surface area contributed by atoms with Gasteiger partial charge >= 0.3 is 6.03 Å². The summed E-state index contributed by atoms with van der Waals surface area (Å²) < 4.78 is 0. The van der Waals surface area contributed by atoms with Crippen LogP contribution in [0.5, 0.6) is 0 Å². The van der Waals surface area contributed by atoms with Crippen molar-refractivity contribution in [3.05, 3.63) is 0 Å². The van der Waals surface area contributed by atoms with Gasteiger partial charge in [0.15, 0.2) is 0 Å². The predicted octanol–water partition coefficient (Wildman–Crippen LogP) is 1.52. The molecule has 1 aliphatic heterocycles. The fourth-order valence-electron chi connectivity index (χ4n) is 1.89. The highest BCUT2D eigenvalue weighted by atomic mass is 16.2. The second-order valence-electron chi connectivity index (χ2n) is 5.51. The third kappa shape index (κ3) is 4.39. The van der Waals surface area contributed by atoms with E-state index in [2.05, 4.69) is 17.1 Å². The number of carbonyl (C=O) groups excluding carboxylic acids is 1. The largest absolute Gasteiger partial charge is 0.333 e. The fraction of sp³-hybridized carbons (Fsp3) is 0.917. The van der Waals surface area contributed by atoms with Crippen molar-refractivity contribution < 1.29 is 4.79 Å². The molecule has 2 amide bonds. The van der Waals surface area contributed by atoms with Gasteiger partial charge in [-0.3, -0.25) is 4.90 Å². The maximum Gasteiger partial charge on any atom is 0.317 e. The molecule has 0 unspecified atom stereocenters. The van der Waals surface area contributed by atoms with Crippen LogP contribution in [0.3, 0.4) is 0 Å². The molecule has 0 atom stereocenters. The van der Waals surface area contributed by atoms with Gasteiger partial charge in [0.1, 0.15) is 0 Å². The van der Waals surface area contributed by atoms with Gasteiger partial charge in [0.05, 0.1) is 0 Å². The van der Waals surface area contributed by atoms with Crippen molar-refractivity contribution in [1.29, 1.82) is 0 Å². The molecule has 94 valence electrons. The summed E-state index contributed by atoms with van der Waals surface area (Å²) in [6, 6.07) is 0.0728. The normalized spacial score (nSPS) is 18.6. The van der Waals surface area contributed by atoms with E-state index in [4.69, 9.17) is 0 Å². The van der Waals surface area contributed by atoms with Crippen LogP contribution in [0.4, 0.5) is 4.79 Å². The third-order valence-corrected chi connectivity index (χ3v) is 2.68. The van der Waals surface area contributed by atoms with Gasteiger partial charge < -0.3 is 10.2 Å². The molecule has 0 aromatic heterocycles. The Bertz CT molecular complexity index is 227. The minimum absolute atomic E-state index is 0.0728. The van der Waals surface area contributed by atoms with E-state index in [1.165, 1.54) is 6.42 Å². The zero-order chi connectivity index (χ0) is 12.2. The molecule has 1 rings (SSSR count). The highest BCUT2D eigenvalue weighted by Gasteiger charge is 2.23. The minimum Gasteiger partial charge on any atom is -0.333 e. The van der Waals surface area contributed by atoms with Gasteiger partial charge in [-0.1, -0.05) is 6.92 Å². The molecule has 4 nitrogen and oxygen atoms in total. The van der Waals surface area contributed by atoms with Crippen molar-refractivity contribution in [3.8, 4) is 0 Å². The summed E-state index contributed by atoms with van der Waals surface area (Å²) in [5.41, 5.74) is -0.141. The van der Waals surface area contributed by atoms with E-state index >= 15 is 0 Å². The van der Waals surface area contributed by atoms with E-state index in [1.807, 2.05) is 25.7 Å². The zero-order valence-electron chi connectivity index (χ0n) is 11.0. The van der Waals surface area contributed by atoms with Crippen LogP contribution in [0.25, 0.3) is 0 Å². The van der Waals surface area contributed by atoms with Crippen molar-refractivity contribution in [2.75, 3.05) is 32.7 Å². The van der Waals surface area contributed by atoms with Crippen molar-refractivity contribution in [2.45, 2.75) is 39.7 Å². The first kappa shape index (κ1) is 13.3. The Morgan fingerprint density at radius 1 is 1.19 bits per heavy atom. The van der Waals surface area contributed by atoms with Crippen molar-refractivity contribution in [2.24, 2.45) is 0 Å². The molecule has 16 heavy (non-hydrogen) atoms. The van der Waals surface area contributed by atoms with Gasteiger partial charge in [0.2, 0.25) is 0 Å². The van der Waals surface area contributed by atoms with Crippen molar-refractivity contribution >= 4 is 6.03 Å². The minimum atomic E-state index is -0.141. The van der Waals surface area contributed by atoms with Gasteiger partial charge in [-0.2, -0.15) is 0 Å². The van der Waals surface area contributed by atoms with E-state index in [1.54, 1.807) is 0 Å². The van der Waals surface area contributed by atoms with E-state index in [0.717, 1.165) is 32.7 Å². The molecule has 0 aromatic carbocycles. The number of piperazine rings is 1. The van der Waals surface area contributed by atoms with Crippen LogP contribution in [-0.2, 0) is 0 Å². The second kappa shape index (κ2) is 5.53. The summed E-state index contributed by atoms with van der Waals surface area (Å²) in [6.45, 7) is 13.1. The van der Waals surface area contributed by atoms with Crippen molar-refractivity contribution in [3.63, 3.8) is 0 Å². The van der Waals surface area contributed by atoms with Crippen LogP contribution < -0.4 is 5.32 Å². The van der Waals surface area contributed by atoms with Gasteiger partial charge in [-0.25, -0.2) is 4.79 Å². The van der Waals surface area contributed by atoms with E-state index < -0.39 is 0 Å². The summed E-state index contributed by atoms with van der Waals surface area (Å²) in [5, 5.41) is 3.00. The summed E-state index contributed by atoms with van der Waals surface area (Å²) in [5.74, 6) is 0. The predicted molar refractivity (Wildman–Crippen MR) is 66.6 cm³/mol. The summed E-state index contributed by atoms with van der Waals surface area (Å²) >= 11 is 0. The Kier molecular flexibility index (Phi) is 4.59. The monoisotopic (exact) mass is 227 g/mol. The lowest BCUT2D eigenvalue weighted by Gasteiger charge is -2.36. The van der Waals surface area contributed by atoms with Crippen LogP contribution in [0.2, 0.25) is 0 Å². The molecule has 0 aromatic rings. The number of rotatable bonds is 2. The van der Waals surface area contributed by atoms with Crippen LogP contribution in [-0.4, -0.2) is 54.1 Å². The quantitative estimate of drug-likeness (QED) is 0.776. The van der Waals surface area contributed by atoms with Crippen LogP contribution >= 0.6 is 0 Å². The van der Waals surface area contributed by atoms with Crippen LogP contribution in [0, 0.1) is 0 Å². The first-order valence-corrected chi connectivity index (χ1v) is 6.22. The lowest BCUT2D eigenvalue weighted by atomic mass is 10.1. The summed E-state index contributed by atoms with van der Waals surface area (Å²) in [7, 11) is 0. The molecule has 1 N–H and O–H groups in total. The van der Waals surface area contributed by atoms with Crippen LogP contribution in [0.1, 0.15) is 34.1 Å². The lowest BCUT2D eigenvalue weighted by molar-refractivity contribution is 0.135. The first-order chi connectivity index (χ1) is 7.42. The Morgan fingerprint density at radius 3 is 2.19 bits per heavy atom. The number of amides is 2. The summed E-state index contributed by atoms with van der Waals surface area (Å²) in [6.07, 6.45) is 1.19. The Labute approximate surface area is 99.0 Å². The molecule has 1 heterocycles. The number of hydrogen-bond donors (Lipinski definition) is 1. The molecule has 0 radical (unpaired) electrons. The molecule has 0 aliphatic carbocycles. The number of nitrogens with zero attached hydrogens (tertiary/aromatic N) is 2. The maximum atomic E-state index is 11.9. The average molecular weight is 227 g/mol. The lowest BCUT2D eigenvalue weighted by Crippen LogP contribution is -2.55. The van der Waals surface area contributed by atoms with Gasteiger partial charge in [-0.15, -0.1) is 0 Å².